The van der Waals surface area contributed by atoms with E-state index in [1.807, 2.05) is 0 Å². The molecule has 2 amide bonds. The van der Waals surface area contributed by atoms with Gasteiger partial charge in [0.05, 0.1) is 7.11 Å². The third-order valence-corrected chi connectivity index (χ3v) is 3.39. The Kier molecular flexibility index (Phi) is 4.11. The number of carbonyl (C=O) groups excluding carboxylic acids is 2. The summed E-state index contributed by atoms with van der Waals surface area (Å²) in [6, 6.07) is 5.52. The lowest BCUT2D eigenvalue weighted by molar-refractivity contribution is -0.141. The maximum absolute atomic E-state index is 12.5. The van der Waals surface area contributed by atoms with Gasteiger partial charge >= 0.3 is 18.0 Å². The van der Waals surface area contributed by atoms with E-state index in [1.165, 1.54) is 19.1 Å². The number of aliphatic carboxylic acids is 1. The molecule has 112 valence electrons. The van der Waals surface area contributed by atoms with E-state index in [0.717, 1.165) is 10.5 Å². The van der Waals surface area contributed by atoms with Gasteiger partial charge in [0.15, 0.2) is 0 Å². The van der Waals surface area contributed by atoms with Crippen molar-refractivity contribution in [1.82, 2.24) is 4.90 Å². The number of ether oxygens (including phenoxy) is 1. The lowest BCUT2D eigenvalue weighted by Gasteiger charge is -2.27. The number of nitrogens with zero attached hydrogens (tertiary/aromatic N) is 2. The number of amides is 2. The van der Waals surface area contributed by atoms with E-state index in [-0.39, 0.29) is 13.0 Å². The van der Waals surface area contributed by atoms with Gasteiger partial charge in [-0.25, -0.2) is 9.59 Å². The second kappa shape index (κ2) is 5.82. The third-order valence-electron chi connectivity index (χ3n) is 3.39. The Morgan fingerprint density at radius 2 is 2.05 bits per heavy atom. The molecule has 1 aromatic carbocycles. The summed E-state index contributed by atoms with van der Waals surface area (Å²) in [6.07, 6.45) is 0.253. The first-order chi connectivity index (χ1) is 9.95. The van der Waals surface area contributed by atoms with Crippen LogP contribution in [0, 0.1) is 0 Å². The highest BCUT2D eigenvalue weighted by Gasteiger charge is 2.39. The van der Waals surface area contributed by atoms with Crippen LogP contribution in [-0.4, -0.2) is 54.7 Å². The van der Waals surface area contributed by atoms with E-state index in [4.69, 9.17) is 0 Å². The standard InChI is InChI=1S/C14H16N2O5/c1-15(8-12(17)21-2)14(20)16-10-6-4-3-5-9(10)7-11(16)13(18)19/h3-6,11H,7-8H2,1-2H3,(H,18,19). The summed E-state index contributed by atoms with van der Waals surface area (Å²) in [5, 5.41) is 9.31. The molecule has 1 aliphatic rings. The van der Waals surface area contributed by atoms with Gasteiger partial charge < -0.3 is 14.7 Å². The molecule has 0 fully saturated rings. The van der Waals surface area contributed by atoms with Crippen LogP contribution in [0.4, 0.5) is 10.5 Å². The number of carboxylic acids is 1. The molecule has 0 saturated heterocycles. The Balaban J connectivity index is 2.28. The number of hydrogen-bond donors (Lipinski definition) is 1. The zero-order valence-corrected chi connectivity index (χ0v) is 11.8. The fraction of sp³-hybridized carbons (Fsp3) is 0.357. The minimum Gasteiger partial charge on any atom is -0.480 e. The summed E-state index contributed by atoms with van der Waals surface area (Å²) in [4.78, 5) is 37.4. The molecule has 0 aliphatic carbocycles. The molecule has 1 aromatic rings. The minimum absolute atomic E-state index is 0.236. The monoisotopic (exact) mass is 292 g/mol. The number of anilines is 1. The second-order valence-electron chi connectivity index (χ2n) is 4.77. The lowest BCUT2D eigenvalue weighted by Crippen LogP contribution is -2.49. The van der Waals surface area contributed by atoms with Crippen molar-refractivity contribution in [2.24, 2.45) is 0 Å². The second-order valence-corrected chi connectivity index (χ2v) is 4.77. The number of fused-ring (bicyclic) bond motifs is 1. The van der Waals surface area contributed by atoms with Gasteiger partial charge in [0.2, 0.25) is 0 Å². The predicted molar refractivity (Wildman–Crippen MR) is 74.1 cm³/mol. The largest absolute Gasteiger partial charge is 0.480 e. The number of para-hydroxylation sites is 1. The summed E-state index contributed by atoms with van der Waals surface area (Å²) in [7, 11) is 2.66. The van der Waals surface area contributed by atoms with Crippen molar-refractivity contribution in [3.8, 4) is 0 Å². The number of carbonyl (C=O) groups is 3. The number of benzene rings is 1. The van der Waals surface area contributed by atoms with E-state index in [2.05, 4.69) is 4.74 Å². The average molecular weight is 292 g/mol. The molecule has 2 rings (SSSR count). The van der Waals surface area contributed by atoms with Crippen molar-refractivity contribution in [3.05, 3.63) is 29.8 Å². The van der Waals surface area contributed by atoms with Crippen molar-refractivity contribution in [2.45, 2.75) is 12.5 Å². The first-order valence-corrected chi connectivity index (χ1v) is 6.37. The van der Waals surface area contributed by atoms with Crippen LogP contribution in [-0.2, 0) is 20.7 Å². The molecule has 0 spiro atoms. The summed E-state index contributed by atoms with van der Waals surface area (Å²) in [5.41, 5.74) is 1.36. The van der Waals surface area contributed by atoms with E-state index < -0.39 is 24.0 Å². The Morgan fingerprint density at radius 1 is 1.38 bits per heavy atom. The summed E-state index contributed by atoms with van der Waals surface area (Å²) >= 11 is 0. The molecular weight excluding hydrogens is 276 g/mol. The molecule has 1 aliphatic heterocycles. The molecule has 0 bridgehead atoms. The van der Waals surface area contributed by atoms with E-state index in [9.17, 15) is 19.5 Å². The average Bonchev–Trinajstić information content (AvgIpc) is 2.85. The highest BCUT2D eigenvalue weighted by atomic mass is 16.5. The van der Waals surface area contributed by atoms with Gasteiger partial charge in [-0.05, 0) is 11.6 Å². The number of rotatable bonds is 3. The molecule has 1 atom stereocenters. The molecule has 0 saturated carbocycles. The van der Waals surface area contributed by atoms with E-state index in [0.29, 0.717) is 5.69 Å². The molecule has 7 heteroatoms. The first-order valence-electron chi connectivity index (χ1n) is 6.37. The summed E-state index contributed by atoms with van der Waals surface area (Å²) < 4.78 is 4.51. The molecule has 1 unspecified atom stereocenters. The van der Waals surface area contributed by atoms with Gasteiger partial charge in [0, 0.05) is 19.2 Å². The van der Waals surface area contributed by atoms with Crippen LogP contribution in [0.3, 0.4) is 0 Å². The fourth-order valence-electron chi connectivity index (χ4n) is 2.33. The molecule has 1 heterocycles. The van der Waals surface area contributed by atoms with Crippen molar-refractivity contribution in [3.63, 3.8) is 0 Å². The topological polar surface area (TPSA) is 87.2 Å². The van der Waals surface area contributed by atoms with Crippen LogP contribution in [0.5, 0.6) is 0 Å². The van der Waals surface area contributed by atoms with Gasteiger partial charge in [0.1, 0.15) is 12.6 Å². The Labute approximate surface area is 121 Å². The normalized spacial score (nSPS) is 16.3. The van der Waals surface area contributed by atoms with E-state index in [1.54, 1.807) is 24.3 Å². The molecule has 0 radical (unpaired) electrons. The number of carboxylic acid groups (broad SMARTS) is 1. The van der Waals surface area contributed by atoms with Gasteiger partial charge in [-0.15, -0.1) is 0 Å². The Bertz CT molecular complexity index is 586. The van der Waals surface area contributed by atoms with Gasteiger partial charge in [-0.1, -0.05) is 18.2 Å². The smallest absolute Gasteiger partial charge is 0.327 e. The first kappa shape index (κ1) is 14.8. The number of urea groups is 1. The fourth-order valence-corrected chi connectivity index (χ4v) is 2.33. The number of esters is 1. The Hall–Kier alpha value is -2.57. The lowest BCUT2D eigenvalue weighted by atomic mass is 10.1. The highest BCUT2D eigenvalue weighted by molar-refractivity contribution is 6.01. The molecule has 21 heavy (non-hydrogen) atoms. The van der Waals surface area contributed by atoms with Crippen LogP contribution >= 0.6 is 0 Å². The number of hydrogen-bond acceptors (Lipinski definition) is 4. The van der Waals surface area contributed by atoms with Crippen molar-refractivity contribution >= 4 is 23.7 Å². The molecule has 0 aromatic heterocycles. The quantitative estimate of drug-likeness (QED) is 0.830. The molecule has 1 N–H and O–H groups in total. The van der Waals surface area contributed by atoms with Crippen LogP contribution < -0.4 is 4.90 Å². The Morgan fingerprint density at radius 3 is 2.67 bits per heavy atom. The predicted octanol–water partition coefficient (Wildman–Crippen LogP) is 0.727. The minimum atomic E-state index is -1.08. The van der Waals surface area contributed by atoms with Crippen LogP contribution in [0.1, 0.15) is 5.56 Å². The van der Waals surface area contributed by atoms with Gasteiger partial charge in [-0.3, -0.25) is 9.69 Å². The number of likely N-dealkylation sites (N-methyl/N-ethyl adjacent to an activating group) is 1. The van der Waals surface area contributed by atoms with Crippen LogP contribution in [0.15, 0.2) is 24.3 Å². The maximum Gasteiger partial charge on any atom is 0.327 e. The molecule has 7 nitrogen and oxygen atoms in total. The SMILES string of the molecule is COC(=O)CN(C)C(=O)N1c2ccccc2CC1C(=O)O. The van der Waals surface area contributed by atoms with E-state index >= 15 is 0 Å². The highest BCUT2D eigenvalue weighted by Crippen LogP contribution is 2.32. The van der Waals surface area contributed by atoms with Crippen LogP contribution in [0.25, 0.3) is 0 Å². The van der Waals surface area contributed by atoms with Crippen molar-refractivity contribution < 1.29 is 24.2 Å². The third kappa shape index (κ3) is 2.81. The molecular formula is C14H16N2O5. The zero-order chi connectivity index (χ0) is 15.6. The van der Waals surface area contributed by atoms with Crippen LogP contribution in [0.2, 0.25) is 0 Å². The maximum atomic E-state index is 12.5. The van der Waals surface area contributed by atoms with Crippen molar-refractivity contribution in [1.29, 1.82) is 0 Å². The zero-order valence-electron chi connectivity index (χ0n) is 11.8. The van der Waals surface area contributed by atoms with Gasteiger partial charge in [-0.2, -0.15) is 0 Å². The van der Waals surface area contributed by atoms with Gasteiger partial charge in [0.25, 0.3) is 0 Å². The van der Waals surface area contributed by atoms with Crippen molar-refractivity contribution in [2.75, 3.05) is 25.6 Å². The summed E-state index contributed by atoms with van der Waals surface area (Å²) in [5.74, 6) is -1.64. The summed E-state index contributed by atoms with van der Waals surface area (Å²) in [6.45, 7) is -0.236. The number of methoxy groups -OCH3 is 1.